The molecule has 0 bridgehead atoms. The molecule has 0 aromatic heterocycles. The number of hydrogen-bond acceptors (Lipinski definition) is 0. The van der Waals surface area contributed by atoms with Crippen molar-refractivity contribution in [3.05, 3.63) is 97.8 Å². The van der Waals surface area contributed by atoms with Gasteiger partial charge in [0.25, 0.3) is 0 Å². The molecule has 126 valence electrons. The predicted molar refractivity (Wildman–Crippen MR) is 109 cm³/mol. The molecule has 1 heteroatoms. The van der Waals surface area contributed by atoms with Crippen molar-refractivity contribution < 1.29 is 25.8 Å². The average molecular weight is 493 g/mol. The summed E-state index contributed by atoms with van der Waals surface area (Å²) in [7, 11) is 0. The Morgan fingerprint density at radius 2 is 1.00 bits per heavy atom. The summed E-state index contributed by atoms with van der Waals surface area (Å²) in [6.07, 6.45) is 2.23. The summed E-state index contributed by atoms with van der Waals surface area (Å²) in [4.78, 5) is 0. The third-order valence-corrected chi connectivity index (χ3v) is 4.06. The minimum Gasteiger partial charge on any atom is -0.346 e. The zero-order valence-electron chi connectivity index (χ0n) is 15.3. The zero-order valence-corrected chi connectivity index (χ0v) is 18.8. The standard InChI is InChI=1S/C20H16.2C2H5.Hf/c1-2-6-18-12-15(11-17(18)5-1)9-10-16-13-19-7-3-4-8-20(19)14-16;2*1-2;/h1-8,11-14H,9-10H2;2*1H2,2H3;/q-2;2*-1;+4. The Morgan fingerprint density at radius 1 is 0.640 bits per heavy atom. The van der Waals surface area contributed by atoms with Crippen LogP contribution in [0.1, 0.15) is 25.0 Å². The van der Waals surface area contributed by atoms with Crippen LogP contribution < -0.4 is 0 Å². The van der Waals surface area contributed by atoms with Crippen LogP contribution in [0.2, 0.25) is 0 Å². The Hall–Kier alpha value is -1.47. The van der Waals surface area contributed by atoms with Gasteiger partial charge in [-0.05, 0) is 12.8 Å². The van der Waals surface area contributed by atoms with Crippen molar-refractivity contribution in [2.75, 3.05) is 0 Å². The molecule has 0 saturated heterocycles. The summed E-state index contributed by atoms with van der Waals surface area (Å²) in [6.45, 7) is 10.0. The smallest absolute Gasteiger partial charge is 0.346 e. The molecule has 0 radical (unpaired) electrons. The van der Waals surface area contributed by atoms with E-state index in [1.165, 1.54) is 32.7 Å². The molecule has 0 aliphatic rings. The SMILES string of the molecule is [CH2-]C.[CH2-]C.[Hf+4].c1ccc2[cH-]c(CCc3cc4ccccc4[cH-]3)cc2c1. The zero-order chi connectivity index (χ0) is 17.4. The molecule has 0 aliphatic carbocycles. The van der Waals surface area contributed by atoms with Crippen LogP contribution in [0, 0.1) is 13.8 Å². The summed E-state index contributed by atoms with van der Waals surface area (Å²) in [5, 5.41) is 5.43. The van der Waals surface area contributed by atoms with Crippen molar-refractivity contribution in [2.45, 2.75) is 26.7 Å². The monoisotopic (exact) mass is 494 g/mol. The minimum absolute atomic E-state index is 0. The van der Waals surface area contributed by atoms with Crippen LogP contribution in [0.25, 0.3) is 21.5 Å². The predicted octanol–water partition coefficient (Wildman–Crippen LogP) is 6.89. The second-order valence-electron chi connectivity index (χ2n) is 5.49. The van der Waals surface area contributed by atoms with E-state index in [1.54, 1.807) is 13.8 Å². The van der Waals surface area contributed by atoms with E-state index in [1.807, 2.05) is 0 Å². The Balaban J connectivity index is 0.000000586. The first-order valence-corrected chi connectivity index (χ1v) is 8.59. The van der Waals surface area contributed by atoms with E-state index in [-0.39, 0.29) is 25.8 Å². The summed E-state index contributed by atoms with van der Waals surface area (Å²) in [5.41, 5.74) is 2.88. The first-order valence-electron chi connectivity index (χ1n) is 8.59. The fourth-order valence-electron chi connectivity index (χ4n) is 3.01. The third kappa shape index (κ3) is 5.51. The maximum absolute atomic E-state index is 3.25. The van der Waals surface area contributed by atoms with Gasteiger partial charge in [-0.25, -0.2) is 0 Å². The van der Waals surface area contributed by atoms with Crippen molar-refractivity contribution in [3.8, 4) is 0 Å². The van der Waals surface area contributed by atoms with E-state index < -0.39 is 0 Å². The molecule has 4 rings (SSSR count). The van der Waals surface area contributed by atoms with Gasteiger partial charge < -0.3 is 13.8 Å². The van der Waals surface area contributed by atoms with Crippen LogP contribution in [0.15, 0.2) is 72.8 Å². The summed E-state index contributed by atoms with van der Waals surface area (Å²) < 4.78 is 0. The van der Waals surface area contributed by atoms with Gasteiger partial charge in [0.05, 0.1) is 0 Å². The minimum atomic E-state index is 0. The van der Waals surface area contributed by atoms with Crippen LogP contribution in [0.3, 0.4) is 0 Å². The van der Waals surface area contributed by atoms with Crippen LogP contribution in [-0.4, -0.2) is 0 Å². The third-order valence-electron chi connectivity index (χ3n) is 4.06. The number of hydrogen-bond donors (Lipinski definition) is 0. The fraction of sp³-hybridized carbons (Fsp3) is 0.167. The molecule has 4 aromatic rings. The molecular weight excluding hydrogens is 467 g/mol. The molecule has 0 amide bonds. The fourth-order valence-corrected chi connectivity index (χ4v) is 3.01. The molecular formula is C24H26Hf. The van der Waals surface area contributed by atoms with Gasteiger partial charge in [-0.3, -0.25) is 0 Å². The Labute approximate surface area is 171 Å². The Morgan fingerprint density at radius 3 is 1.36 bits per heavy atom. The normalized spacial score (nSPS) is 9.60. The molecule has 0 heterocycles. The molecule has 0 spiro atoms. The van der Waals surface area contributed by atoms with Gasteiger partial charge in [0.1, 0.15) is 0 Å². The van der Waals surface area contributed by atoms with Gasteiger partial charge >= 0.3 is 25.8 Å². The van der Waals surface area contributed by atoms with Gasteiger partial charge in [0.2, 0.25) is 0 Å². The van der Waals surface area contributed by atoms with E-state index in [2.05, 4.69) is 86.6 Å². The summed E-state index contributed by atoms with van der Waals surface area (Å²) in [6, 6.07) is 26.5. The van der Waals surface area contributed by atoms with Gasteiger partial charge in [-0.15, -0.1) is 81.2 Å². The van der Waals surface area contributed by atoms with E-state index in [4.69, 9.17) is 0 Å². The van der Waals surface area contributed by atoms with E-state index in [9.17, 15) is 0 Å². The van der Waals surface area contributed by atoms with Crippen molar-refractivity contribution in [1.82, 2.24) is 0 Å². The van der Waals surface area contributed by atoms with Gasteiger partial charge in [0.15, 0.2) is 0 Å². The summed E-state index contributed by atoms with van der Waals surface area (Å²) in [5.74, 6) is 0. The second-order valence-corrected chi connectivity index (χ2v) is 5.49. The molecule has 0 nitrogen and oxygen atoms in total. The first-order chi connectivity index (χ1) is 11.9. The van der Waals surface area contributed by atoms with E-state index >= 15 is 0 Å². The molecule has 0 unspecified atom stereocenters. The number of fused-ring (bicyclic) bond motifs is 2. The molecule has 0 aliphatic heterocycles. The maximum Gasteiger partial charge on any atom is 4.00 e. The number of rotatable bonds is 3. The molecule has 25 heavy (non-hydrogen) atoms. The van der Waals surface area contributed by atoms with Gasteiger partial charge in [0, 0.05) is 0 Å². The second kappa shape index (κ2) is 11.2. The molecule has 0 saturated carbocycles. The van der Waals surface area contributed by atoms with Crippen molar-refractivity contribution >= 4 is 21.5 Å². The molecule has 4 aromatic carbocycles. The number of aryl methyl sites for hydroxylation is 2. The number of benzene rings is 2. The largest absolute Gasteiger partial charge is 4.00 e. The van der Waals surface area contributed by atoms with Crippen molar-refractivity contribution in [3.63, 3.8) is 0 Å². The van der Waals surface area contributed by atoms with Crippen LogP contribution in [0.4, 0.5) is 0 Å². The van der Waals surface area contributed by atoms with Crippen molar-refractivity contribution in [2.24, 2.45) is 0 Å². The van der Waals surface area contributed by atoms with Gasteiger partial charge in [-0.2, -0.15) is 26.0 Å². The summed E-state index contributed by atoms with van der Waals surface area (Å²) >= 11 is 0. The Bertz CT molecular complexity index is 724. The van der Waals surface area contributed by atoms with Crippen LogP contribution in [-0.2, 0) is 38.7 Å². The maximum atomic E-state index is 3.25. The molecule has 0 N–H and O–H groups in total. The van der Waals surface area contributed by atoms with Crippen LogP contribution >= 0.6 is 0 Å². The molecule has 0 atom stereocenters. The molecule has 0 fully saturated rings. The van der Waals surface area contributed by atoms with E-state index in [0.717, 1.165) is 12.8 Å². The van der Waals surface area contributed by atoms with Crippen LogP contribution in [0.5, 0.6) is 0 Å². The Kier molecular flexibility index (Phi) is 9.67. The quantitative estimate of drug-likeness (QED) is 0.216. The first kappa shape index (κ1) is 21.6. The van der Waals surface area contributed by atoms with Gasteiger partial charge in [-0.1, -0.05) is 12.1 Å². The average Bonchev–Trinajstić information content (AvgIpc) is 3.26. The van der Waals surface area contributed by atoms with E-state index in [0.29, 0.717) is 0 Å². The topological polar surface area (TPSA) is 0 Å². The van der Waals surface area contributed by atoms with Crippen molar-refractivity contribution in [1.29, 1.82) is 0 Å².